The maximum absolute atomic E-state index is 12.7. The summed E-state index contributed by atoms with van der Waals surface area (Å²) in [4.78, 5) is 26.0. The quantitative estimate of drug-likeness (QED) is 0.736. The van der Waals surface area contributed by atoms with E-state index in [0.717, 1.165) is 21.3 Å². The molecule has 1 heterocycles. The van der Waals surface area contributed by atoms with Crippen molar-refractivity contribution in [3.05, 3.63) is 27.7 Å². The number of benzene rings is 1. The van der Waals surface area contributed by atoms with Crippen molar-refractivity contribution in [2.45, 2.75) is 38.0 Å². The Labute approximate surface area is 121 Å². The normalized spacial score (nSPS) is 21.1. The van der Waals surface area contributed by atoms with Crippen molar-refractivity contribution in [2.24, 2.45) is 0 Å². The molecule has 0 aromatic heterocycles. The van der Waals surface area contributed by atoms with Gasteiger partial charge in [0, 0.05) is 24.4 Å². The summed E-state index contributed by atoms with van der Waals surface area (Å²) >= 11 is 3.52. The van der Waals surface area contributed by atoms with Gasteiger partial charge in [0.25, 0.3) is 0 Å². The predicted octanol–water partition coefficient (Wildman–Crippen LogP) is 3.11. The molecule has 1 aromatic carbocycles. The third-order valence-corrected chi connectivity index (χ3v) is 4.95. The van der Waals surface area contributed by atoms with Crippen LogP contribution in [-0.2, 0) is 15.0 Å². The monoisotopic (exact) mass is 321 g/mol. The van der Waals surface area contributed by atoms with E-state index in [1.807, 2.05) is 20.0 Å². The van der Waals surface area contributed by atoms with Gasteiger partial charge in [-0.1, -0.05) is 15.9 Å². The third-order valence-electron chi connectivity index (χ3n) is 4.49. The highest BCUT2D eigenvalue weighted by Gasteiger charge is 2.51. The molecule has 0 N–H and O–H groups in total. The Morgan fingerprint density at radius 3 is 2.47 bits per heavy atom. The fraction of sp³-hybridized carbons (Fsp3) is 0.467. The van der Waals surface area contributed by atoms with Crippen molar-refractivity contribution >= 4 is 33.3 Å². The van der Waals surface area contributed by atoms with Crippen LogP contribution in [0.15, 0.2) is 16.6 Å². The fourth-order valence-corrected chi connectivity index (χ4v) is 4.09. The van der Waals surface area contributed by atoms with Gasteiger partial charge in [-0.05, 0) is 43.0 Å². The third kappa shape index (κ3) is 1.69. The molecule has 1 aliphatic heterocycles. The molecule has 1 spiro atoms. The molecule has 19 heavy (non-hydrogen) atoms. The summed E-state index contributed by atoms with van der Waals surface area (Å²) in [5.74, 6) is 0.428. The van der Waals surface area contributed by atoms with Gasteiger partial charge in [0.2, 0.25) is 5.91 Å². The number of aryl methyl sites for hydroxylation is 1. The van der Waals surface area contributed by atoms with Crippen LogP contribution in [0.5, 0.6) is 0 Å². The van der Waals surface area contributed by atoms with E-state index in [1.165, 1.54) is 0 Å². The van der Waals surface area contributed by atoms with E-state index in [4.69, 9.17) is 0 Å². The summed E-state index contributed by atoms with van der Waals surface area (Å²) in [6, 6.07) is 4.09. The van der Waals surface area contributed by atoms with E-state index in [1.54, 1.807) is 4.90 Å². The molecule has 100 valence electrons. The molecule has 2 aliphatic rings. The first-order valence-electron chi connectivity index (χ1n) is 6.56. The van der Waals surface area contributed by atoms with Gasteiger partial charge in [0.1, 0.15) is 5.78 Å². The highest BCUT2D eigenvalue weighted by Crippen LogP contribution is 2.50. The number of rotatable bonds is 0. The molecule has 0 bridgehead atoms. The summed E-state index contributed by atoms with van der Waals surface area (Å²) in [6.45, 7) is 2.03. The molecule has 1 aromatic rings. The zero-order valence-corrected chi connectivity index (χ0v) is 12.7. The Bertz CT molecular complexity index is 584. The summed E-state index contributed by atoms with van der Waals surface area (Å²) in [6.07, 6.45) is 2.34. The van der Waals surface area contributed by atoms with Gasteiger partial charge < -0.3 is 4.90 Å². The maximum Gasteiger partial charge on any atom is 0.237 e. The van der Waals surface area contributed by atoms with E-state index in [-0.39, 0.29) is 11.7 Å². The Balaban J connectivity index is 2.19. The molecule has 3 rings (SSSR count). The Morgan fingerprint density at radius 2 is 1.84 bits per heavy atom. The van der Waals surface area contributed by atoms with Gasteiger partial charge in [0.15, 0.2) is 0 Å². The molecule has 3 nitrogen and oxygen atoms in total. The summed E-state index contributed by atoms with van der Waals surface area (Å²) < 4.78 is 1.00. The van der Waals surface area contributed by atoms with Crippen LogP contribution in [0.2, 0.25) is 0 Å². The van der Waals surface area contributed by atoms with Gasteiger partial charge in [0.05, 0.1) is 11.1 Å². The van der Waals surface area contributed by atoms with Crippen LogP contribution in [0.4, 0.5) is 5.69 Å². The molecule has 0 atom stereocenters. The Morgan fingerprint density at radius 1 is 1.21 bits per heavy atom. The minimum absolute atomic E-state index is 0.149. The molecule has 1 aliphatic carbocycles. The van der Waals surface area contributed by atoms with Crippen molar-refractivity contribution in [3.8, 4) is 0 Å². The van der Waals surface area contributed by atoms with Gasteiger partial charge in [-0.25, -0.2) is 0 Å². The first kappa shape index (κ1) is 12.9. The van der Waals surface area contributed by atoms with Gasteiger partial charge in [-0.15, -0.1) is 0 Å². The van der Waals surface area contributed by atoms with Crippen LogP contribution in [0.25, 0.3) is 0 Å². The molecular formula is C15H16BrNO2. The topological polar surface area (TPSA) is 37.4 Å². The number of hydrogen-bond acceptors (Lipinski definition) is 2. The van der Waals surface area contributed by atoms with Crippen LogP contribution in [-0.4, -0.2) is 18.7 Å². The SMILES string of the molecule is Cc1cc(Br)cc2c1N(C)C(=O)C21CCC(=O)CC1. The molecule has 1 fully saturated rings. The summed E-state index contributed by atoms with van der Waals surface area (Å²) in [5.41, 5.74) is 2.77. The number of halogens is 1. The van der Waals surface area contributed by atoms with Crippen LogP contribution >= 0.6 is 15.9 Å². The highest BCUT2D eigenvalue weighted by atomic mass is 79.9. The molecule has 0 saturated heterocycles. The van der Waals surface area contributed by atoms with Gasteiger partial charge >= 0.3 is 0 Å². The molecule has 1 amide bonds. The first-order chi connectivity index (χ1) is 8.95. The zero-order chi connectivity index (χ0) is 13.8. The predicted molar refractivity (Wildman–Crippen MR) is 77.4 cm³/mol. The van der Waals surface area contributed by atoms with E-state index in [9.17, 15) is 9.59 Å². The second-order valence-corrected chi connectivity index (χ2v) is 6.52. The lowest BCUT2D eigenvalue weighted by molar-refractivity contribution is -0.127. The number of carbonyl (C=O) groups is 2. The number of anilines is 1. The molecular weight excluding hydrogens is 306 g/mol. The molecule has 0 unspecified atom stereocenters. The van der Waals surface area contributed by atoms with Gasteiger partial charge in [-0.3, -0.25) is 9.59 Å². The number of likely N-dealkylation sites (N-methyl/N-ethyl adjacent to an activating group) is 1. The standard InChI is InChI=1S/C15H16BrNO2/c1-9-7-10(16)8-12-13(9)17(2)14(19)15(12)5-3-11(18)4-6-15/h7-8H,3-6H2,1-2H3. The van der Waals surface area contributed by atoms with E-state index in [0.29, 0.717) is 25.7 Å². The second-order valence-electron chi connectivity index (χ2n) is 5.60. The largest absolute Gasteiger partial charge is 0.314 e. The van der Waals surface area contributed by atoms with Crippen molar-refractivity contribution in [3.63, 3.8) is 0 Å². The average Bonchev–Trinajstić information content (AvgIpc) is 2.56. The van der Waals surface area contributed by atoms with E-state index < -0.39 is 5.41 Å². The maximum atomic E-state index is 12.7. The summed E-state index contributed by atoms with van der Waals surface area (Å²) in [7, 11) is 1.84. The molecule has 4 heteroatoms. The lowest BCUT2D eigenvalue weighted by Gasteiger charge is -2.31. The van der Waals surface area contributed by atoms with Crippen LogP contribution in [0.3, 0.4) is 0 Å². The fourth-order valence-electron chi connectivity index (χ4n) is 3.52. The van der Waals surface area contributed by atoms with Gasteiger partial charge in [-0.2, -0.15) is 0 Å². The summed E-state index contributed by atoms with van der Waals surface area (Å²) in [5, 5.41) is 0. The number of Topliss-reactive ketones (excluding diaryl/α,β-unsaturated/α-hetero) is 1. The lowest BCUT2D eigenvalue weighted by Crippen LogP contribution is -2.41. The first-order valence-corrected chi connectivity index (χ1v) is 7.35. The lowest BCUT2D eigenvalue weighted by atomic mass is 9.69. The van der Waals surface area contributed by atoms with Crippen molar-refractivity contribution in [1.29, 1.82) is 0 Å². The van der Waals surface area contributed by atoms with Crippen LogP contribution in [0, 0.1) is 6.92 Å². The molecule has 1 saturated carbocycles. The van der Waals surface area contributed by atoms with Crippen molar-refractivity contribution in [2.75, 3.05) is 11.9 Å². The number of amides is 1. The van der Waals surface area contributed by atoms with Crippen molar-refractivity contribution in [1.82, 2.24) is 0 Å². The zero-order valence-electron chi connectivity index (χ0n) is 11.1. The number of carbonyl (C=O) groups excluding carboxylic acids is 2. The van der Waals surface area contributed by atoms with Crippen LogP contribution in [0.1, 0.15) is 36.8 Å². The highest BCUT2D eigenvalue weighted by molar-refractivity contribution is 9.10. The minimum Gasteiger partial charge on any atom is -0.314 e. The smallest absolute Gasteiger partial charge is 0.237 e. The van der Waals surface area contributed by atoms with E-state index in [2.05, 4.69) is 22.0 Å². The number of ketones is 1. The number of hydrogen-bond donors (Lipinski definition) is 0. The number of fused-ring (bicyclic) bond motifs is 2. The second kappa shape index (κ2) is 4.17. The number of nitrogens with zero attached hydrogens (tertiary/aromatic N) is 1. The van der Waals surface area contributed by atoms with Crippen molar-refractivity contribution < 1.29 is 9.59 Å². The minimum atomic E-state index is -0.466. The Hall–Kier alpha value is -1.16. The van der Waals surface area contributed by atoms with Crippen LogP contribution < -0.4 is 4.90 Å². The molecule has 0 radical (unpaired) electrons. The Kier molecular flexibility index (Phi) is 2.82. The van der Waals surface area contributed by atoms with E-state index >= 15 is 0 Å². The average molecular weight is 322 g/mol.